The topological polar surface area (TPSA) is 77.3 Å². The summed E-state index contributed by atoms with van der Waals surface area (Å²) in [6, 6.07) is 7.91. The molecule has 0 aliphatic heterocycles. The lowest BCUT2D eigenvalue weighted by Crippen LogP contribution is -1.95. The molecule has 0 radical (unpaired) electrons. The summed E-state index contributed by atoms with van der Waals surface area (Å²) >= 11 is 3.19. The maximum Gasteiger partial charge on any atom is 0.312 e. The minimum atomic E-state index is -0.486. The summed E-state index contributed by atoms with van der Waals surface area (Å²) in [5.41, 5.74) is -0.0998. The number of hydrogen-bond donors (Lipinski definition) is 1. The van der Waals surface area contributed by atoms with Gasteiger partial charge in [-0.2, -0.15) is 0 Å². The number of ether oxygens (including phenoxy) is 1. The van der Waals surface area contributed by atoms with Crippen LogP contribution in [0.15, 0.2) is 41.0 Å². The molecule has 19 heavy (non-hydrogen) atoms. The molecule has 2 aromatic rings. The number of pyridine rings is 1. The van der Waals surface area contributed by atoms with Gasteiger partial charge in [-0.1, -0.05) is 15.9 Å². The molecule has 0 fully saturated rings. The second-order valence-electron chi connectivity index (χ2n) is 3.60. The van der Waals surface area contributed by atoms with Gasteiger partial charge in [-0.05, 0) is 18.2 Å². The number of benzene rings is 1. The normalized spacial score (nSPS) is 10.0. The van der Waals surface area contributed by atoms with Crippen molar-refractivity contribution in [2.75, 3.05) is 12.4 Å². The van der Waals surface area contributed by atoms with Crippen LogP contribution in [-0.4, -0.2) is 17.0 Å². The summed E-state index contributed by atoms with van der Waals surface area (Å²) in [5, 5.41) is 13.8. The van der Waals surface area contributed by atoms with E-state index >= 15 is 0 Å². The quantitative estimate of drug-likeness (QED) is 0.687. The summed E-state index contributed by atoms with van der Waals surface area (Å²) < 4.78 is 6.15. The Morgan fingerprint density at radius 1 is 1.37 bits per heavy atom. The zero-order valence-electron chi connectivity index (χ0n) is 9.96. The third-order valence-electron chi connectivity index (χ3n) is 2.33. The Morgan fingerprint density at radius 2 is 2.16 bits per heavy atom. The molecule has 0 aliphatic carbocycles. The number of nitro benzene ring substituents is 1. The van der Waals surface area contributed by atoms with Crippen LogP contribution in [0.5, 0.6) is 11.5 Å². The monoisotopic (exact) mass is 323 g/mol. The van der Waals surface area contributed by atoms with Gasteiger partial charge in [-0.25, -0.2) is 4.98 Å². The van der Waals surface area contributed by atoms with Gasteiger partial charge in [0.2, 0.25) is 5.75 Å². The highest BCUT2D eigenvalue weighted by Gasteiger charge is 2.16. The van der Waals surface area contributed by atoms with Gasteiger partial charge in [0.15, 0.2) is 0 Å². The average Bonchev–Trinajstić information content (AvgIpc) is 2.41. The van der Waals surface area contributed by atoms with Crippen molar-refractivity contribution in [3.63, 3.8) is 0 Å². The van der Waals surface area contributed by atoms with Crippen LogP contribution >= 0.6 is 15.9 Å². The van der Waals surface area contributed by atoms with Crippen LogP contribution in [0.4, 0.5) is 11.5 Å². The van der Waals surface area contributed by atoms with Crippen molar-refractivity contribution in [3.05, 3.63) is 51.1 Å². The fraction of sp³-hybridized carbons (Fsp3) is 0.0833. The lowest BCUT2D eigenvalue weighted by molar-refractivity contribution is -0.385. The Balaban J connectivity index is 2.34. The molecule has 0 saturated heterocycles. The number of nitro groups is 1. The third kappa shape index (κ3) is 3.19. The smallest absolute Gasteiger partial charge is 0.312 e. The van der Waals surface area contributed by atoms with E-state index in [4.69, 9.17) is 4.74 Å². The molecule has 98 valence electrons. The minimum absolute atomic E-state index is 0.0998. The Kier molecular flexibility index (Phi) is 3.96. The summed E-state index contributed by atoms with van der Waals surface area (Å²) in [4.78, 5) is 14.5. The van der Waals surface area contributed by atoms with Gasteiger partial charge in [0.25, 0.3) is 0 Å². The number of nitrogens with zero attached hydrogens (tertiary/aromatic N) is 2. The van der Waals surface area contributed by atoms with Gasteiger partial charge in [0.05, 0.1) is 4.92 Å². The van der Waals surface area contributed by atoms with Crippen molar-refractivity contribution in [2.24, 2.45) is 0 Å². The van der Waals surface area contributed by atoms with Crippen molar-refractivity contribution in [1.29, 1.82) is 0 Å². The van der Waals surface area contributed by atoms with Crippen LogP contribution in [0.25, 0.3) is 0 Å². The summed E-state index contributed by atoms with van der Waals surface area (Å²) in [6.45, 7) is 0. The van der Waals surface area contributed by atoms with E-state index in [-0.39, 0.29) is 11.4 Å². The molecule has 0 atom stereocenters. The van der Waals surface area contributed by atoms with Crippen LogP contribution < -0.4 is 10.1 Å². The molecule has 7 heteroatoms. The van der Waals surface area contributed by atoms with Gasteiger partial charge in [0.1, 0.15) is 11.6 Å². The van der Waals surface area contributed by atoms with Gasteiger partial charge < -0.3 is 10.1 Å². The molecule has 0 saturated carbocycles. The van der Waals surface area contributed by atoms with E-state index in [1.807, 2.05) is 0 Å². The lowest BCUT2D eigenvalue weighted by Gasteiger charge is -2.07. The van der Waals surface area contributed by atoms with Gasteiger partial charge in [0, 0.05) is 29.8 Å². The first kappa shape index (κ1) is 13.3. The fourth-order valence-corrected chi connectivity index (χ4v) is 1.81. The van der Waals surface area contributed by atoms with Gasteiger partial charge in [-0.3, -0.25) is 10.1 Å². The lowest BCUT2D eigenvalue weighted by atomic mass is 10.3. The fourth-order valence-electron chi connectivity index (χ4n) is 1.46. The first-order chi connectivity index (χ1) is 9.10. The SMILES string of the molecule is CNc1cc(Oc2ccc(Br)cc2[N+](=O)[O-])ccn1. The summed E-state index contributed by atoms with van der Waals surface area (Å²) in [7, 11) is 1.73. The largest absolute Gasteiger partial charge is 0.450 e. The highest BCUT2D eigenvalue weighted by atomic mass is 79.9. The third-order valence-corrected chi connectivity index (χ3v) is 2.83. The number of aromatic nitrogens is 1. The van der Waals surface area contributed by atoms with Gasteiger partial charge in [-0.15, -0.1) is 0 Å². The highest BCUT2D eigenvalue weighted by molar-refractivity contribution is 9.10. The zero-order chi connectivity index (χ0) is 13.8. The second-order valence-corrected chi connectivity index (χ2v) is 4.51. The van der Waals surface area contributed by atoms with E-state index in [9.17, 15) is 10.1 Å². The van der Waals surface area contributed by atoms with Crippen LogP contribution in [0, 0.1) is 10.1 Å². The highest BCUT2D eigenvalue weighted by Crippen LogP contribution is 2.33. The predicted molar refractivity (Wildman–Crippen MR) is 74.7 cm³/mol. The molecule has 1 heterocycles. The predicted octanol–water partition coefficient (Wildman–Crippen LogP) is 3.59. The van der Waals surface area contributed by atoms with E-state index < -0.39 is 4.92 Å². The molecule has 1 aromatic carbocycles. The molecule has 0 amide bonds. The zero-order valence-corrected chi connectivity index (χ0v) is 11.5. The molecule has 6 nitrogen and oxygen atoms in total. The molecule has 1 N–H and O–H groups in total. The maximum atomic E-state index is 11.0. The van der Waals surface area contributed by atoms with Gasteiger partial charge >= 0.3 is 5.69 Å². The molecule has 1 aromatic heterocycles. The second kappa shape index (κ2) is 5.66. The van der Waals surface area contributed by atoms with E-state index in [0.29, 0.717) is 16.0 Å². The first-order valence-electron chi connectivity index (χ1n) is 5.36. The minimum Gasteiger partial charge on any atom is -0.450 e. The molecule has 0 spiro atoms. The van der Waals surface area contributed by atoms with Crippen LogP contribution in [-0.2, 0) is 0 Å². The molecule has 0 unspecified atom stereocenters. The Labute approximate surface area is 117 Å². The van der Waals surface area contributed by atoms with E-state index in [2.05, 4.69) is 26.2 Å². The average molecular weight is 324 g/mol. The first-order valence-corrected chi connectivity index (χ1v) is 6.15. The standard InChI is InChI=1S/C12H10BrN3O3/c1-14-12-7-9(4-5-15-12)19-11-3-2-8(13)6-10(11)16(17)18/h2-7H,1H3,(H,14,15). The Morgan fingerprint density at radius 3 is 2.84 bits per heavy atom. The Bertz CT molecular complexity index is 619. The molecular formula is C12H10BrN3O3. The number of nitrogens with one attached hydrogen (secondary N) is 1. The maximum absolute atomic E-state index is 11.0. The molecular weight excluding hydrogens is 314 g/mol. The van der Waals surface area contributed by atoms with Crippen molar-refractivity contribution in [2.45, 2.75) is 0 Å². The number of rotatable bonds is 4. The van der Waals surface area contributed by atoms with E-state index in [1.54, 1.807) is 37.5 Å². The van der Waals surface area contributed by atoms with E-state index in [0.717, 1.165) is 0 Å². The van der Waals surface area contributed by atoms with Crippen molar-refractivity contribution < 1.29 is 9.66 Å². The van der Waals surface area contributed by atoms with Crippen molar-refractivity contribution in [1.82, 2.24) is 4.98 Å². The molecule has 0 bridgehead atoms. The van der Waals surface area contributed by atoms with Crippen molar-refractivity contribution >= 4 is 27.4 Å². The van der Waals surface area contributed by atoms with E-state index in [1.165, 1.54) is 6.07 Å². The number of anilines is 1. The number of halogens is 1. The van der Waals surface area contributed by atoms with Crippen LogP contribution in [0.3, 0.4) is 0 Å². The van der Waals surface area contributed by atoms with Crippen LogP contribution in [0.1, 0.15) is 0 Å². The summed E-state index contributed by atoms with van der Waals surface area (Å²) in [6.07, 6.45) is 1.56. The summed E-state index contributed by atoms with van der Waals surface area (Å²) in [5.74, 6) is 1.28. The molecule has 0 aliphatic rings. The molecule has 2 rings (SSSR count). The number of hydrogen-bond acceptors (Lipinski definition) is 5. The Hall–Kier alpha value is -2.15. The van der Waals surface area contributed by atoms with Crippen LogP contribution in [0.2, 0.25) is 0 Å². The van der Waals surface area contributed by atoms with Crippen molar-refractivity contribution in [3.8, 4) is 11.5 Å².